The Hall–Kier alpha value is -1.81. The molecular formula is C15H17NO2S. The summed E-state index contributed by atoms with van der Waals surface area (Å²) in [5.74, 6) is 1.63. The molecule has 0 saturated heterocycles. The highest BCUT2D eigenvalue weighted by atomic mass is 32.2. The van der Waals surface area contributed by atoms with Gasteiger partial charge in [0.1, 0.15) is 18.1 Å². The van der Waals surface area contributed by atoms with Crippen molar-refractivity contribution in [1.82, 2.24) is 0 Å². The summed E-state index contributed by atoms with van der Waals surface area (Å²) in [5, 5.41) is 0. The lowest BCUT2D eigenvalue weighted by atomic mass is 10.2. The van der Waals surface area contributed by atoms with Crippen molar-refractivity contribution < 1.29 is 9.47 Å². The van der Waals surface area contributed by atoms with Crippen LogP contribution < -0.4 is 15.2 Å². The first-order chi connectivity index (χ1) is 9.22. The third-order valence-corrected chi connectivity index (χ3v) is 3.46. The molecule has 4 heteroatoms. The molecule has 0 bridgehead atoms. The maximum atomic E-state index is 5.84. The van der Waals surface area contributed by atoms with Gasteiger partial charge in [-0.05, 0) is 36.1 Å². The second kappa shape index (κ2) is 6.38. The lowest BCUT2D eigenvalue weighted by molar-refractivity contribution is 0.298. The predicted molar refractivity (Wildman–Crippen MR) is 80.0 cm³/mol. The topological polar surface area (TPSA) is 44.5 Å². The van der Waals surface area contributed by atoms with E-state index in [1.807, 2.05) is 42.7 Å². The number of methoxy groups -OCH3 is 1. The minimum Gasteiger partial charge on any atom is -0.497 e. The fourth-order valence-electron chi connectivity index (χ4n) is 1.79. The van der Waals surface area contributed by atoms with Gasteiger partial charge < -0.3 is 15.2 Å². The van der Waals surface area contributed by atoms with Crippen LogP contribution in [0.1, 0.15) is 5.56 Å². The van der Waals surface area contributed by atoms with Gasteiger partial charge in [-0.25, -0.2) is 0 Å². The van der Waals surface area contributed by atoms with E-state index in [9.17, 15) is 0 Å². The first kappa shape index (κ1) is 13.6. The van der Waals surface area contributed by atoms with Gasteiger partial charge in [-0.1, -0.05) is 12.1 Å². The van der Waals surface area contributed by atoms with Crippen molar-refractivity contribution in [3.8, 4) is 11.5 Å². The Kier molecular flexibility index (Phi) is 4.58. The summed E-state index contributed by atoms with van der Waals surface area (Å²) in [6.45, 7) is 0.471. The molecule has 2 N–H and O–H groups in total. The SMILES string of the molecule is COc1cc(N)cc(COc2ccccc2SC)c1. The summed E-state index contributed by atoms with van der Waals surface area (Å²) >= 11 is 1.67. The molecule has 0 saturated carbocycles. The number of ether oxygens (including phenoxy) is 2. The lowest BCUT2D eigenvalue weighted by Crippen LogP contribution is -1.99. The molecule has 0 atom stereocenters. The Morgan fingerprint density at radius 3 is 2.68 bits per heavy atom. The molecule has 0 heterocycles. The van der Waals surface area contributed by atoms with Crippen LogP contribution in [0.5, 0.6) is 11.5 Å². The van der Waals surface area contributed by atoms with Crippen LogP contribution in [0.15, 0.2) is 47.4 Å². The Labute approximate surface area is 117 Å². The van der Waals surface area contributed by atoms with E-state index < -0.39 is 0 Å². The monoisotopic (exact) mass is 275 g/mol. The van der Waals surface area contributed by atoms with Gasteiger partial charge in [0.05, 0.1) is 7.11 Å². The minimum atomic E-state index is 0.471. The fraction of sp³-hybridized carbons (Fsp3) is 0.200. The maximum Gasteiger partial charge on any atom is 0.133 e. The van der Waals surface area contributed by atoms with Crippen molar-refractivity contribution in [2.45, 2.75) is 11.5 Å². The molecule has 0 radical (unpaired) electrons. The van der Waals surface area contributed by atoms with E-state index in [-0.39, 0.29) is 0 Å². The van der Waals surface area contributed by atoms with Crippen LogP contribution in [-0.4, -0.2) is 13.4 Å². The molecule has 0 aliphatic rings. The van der Waals surface area contributed by atoms with Crippen LogP contribution in [0.4, 0.5) is 5.69 Å². The Balaban J connectivity index is 2.12. The average Bonchev–Trinajstić information content (AvgIpc) is 2.44. The number of rotatable bonds is 5. The molecule has 2 aromatic carbocycles. The van der Waals surface area contributed by atoms with Gasteiger partial charge in [-0.2, -0.15) is 0 Å². The van der Waals surface area contributed by atoms with E-state index in [2.05, 4.69) is 0 Å². The van der Waals surface area contributed by atoms with Crippen LogP contribution in [0, 0.1) is 0 Å². The lowest BCUT2D eigenvalue weighted by Gasteiger charge is -2.11. The highest BCUT2D eigenvalue weighted by Crippen LogP contribution is 2.28. The Morgan fingerprint density at radius 2 is 1.95 bits per heavy atom. The second-order valence-corrected chi connectivity index (χ2v) is 4.90. The number of thioether (sulfide) groups is 1. The number of anilines is 1. The van der Waals surface area contributed by atoms with Crippen LogP contribution >= 0.6 is 11.8 Å². The van der Waals surface area contributed by atoms with Gasteiger partial charge in [-0.3, -0.25) is 0 Å². The van der Waals surface area contributed by atoms with Crippen molar-refractivity contribution in [1.29, 1.82) is 0 Å². The van der Waals surface area contributed by atoms with E-state index in [1.54, 1.807) is 24.9 Å². The molecule has 0 amide bonds. The predicted octanol–water partition coefficient (Wildman–Crippen LogP) is 3.58. The van der Waals surface area contributed by atoms with Crippen LogP contribution in [0.3, 0.4) is 0 Å². The molecule has 2 aromatic rings. The average molecular weight is 275 g/mol. The molecule has 0 unspecified atom stereocenters. The smallest absolute Gasteiger partial charge is 0.133 e. The summed E-state index contributed by atoms with van der Waals surface area (Å²) < 4.78 is 11.0. The largest absolute Gasteiger partial charge is 0.497 e. The van der Waals surface area contributed by atoms with Crippen LogP contribution in [0.2, 0.25) is 0 Å². The number of nitrogen functional groups attached to an aromatic ring is 1. The van der Waals surface area contributed by atoms with Gasteiger partial charge in [-0.15, -0.1) is 11.8 Å². The third-order valence-electron chi connectivity index (χ3n) is 2.69. The van der Waals surface area contributed by atoms with E-state index in [4.69, 9.17) is 15.2 Å². The van der Waals surface area contributed by atoms with E-state index >= 15 is 0 Å². The summed E-state index contributed by atoms with van der Waals surface area (Å²) in [7, 11) is 1.63. The van der Waals surface area contributed by atoms with Gasteiger partial charge in [0, 0.05) is 16.6 Å². The van der Waals surface area contributed by atoms with Crippen molar-refractivity contribution in [3.05, 3.63) is 48.0 Å². The quantitative estimate of drug-likeness (QED) is 0.669. The molecule has 2 rings (SSSR count). The summed E-state index contributed by atoms with van der Waals surface area (Å²) in [4.78, 5) is 1.12. The van der Waals surface area contributed by atoms with E-state index in [0.29, 0.717) is 12.3 Å². The number of para-hydroxylation sites is 1. The molecule has 3 nitrogen and oxygen atoms in total. The van der Waals surface area contributed by atoms with Gasteiger partial charge >= 0.3 is 0 Å². The number of hydrogen-bond acceptors (Lipinski definition) is 4. The van der Waals surface area contributed by atoms with E-state index in [1.165, 1.54) is 0 Å². The van der Waals surface area contributed by atoms with E-state index in [0.717, 1.165) is 22.0 Å². The van der Waals surface area contributed by atoms with Gasteiger partial charge in [0.25, 0.3) is 0 Å². The maximum absolute atomic E-state index is 5.84. The summed E-state index contributed by atoms with van der Waals surface area (Å²) in [6, 6.07) is 13.6. The molecule has 19 heavy (non-hydrogen) atoms. The standard InChI is InChI=1S/C15H17NO2S/c1-17-13-8-11(7-12(16)9-13)10-18-14-5-3-4-6-15(14)19-2/h3-9H,10,16H2,1-2H3. The fourth-order valence-corrected chi connectivity index (χ4v) is 2.33. The Morgan fingerprint density at radius 1 is 1.16 bits per heavy atom. The zero-order valence-corrected chi connectivity index (χ0v) is 11.9. The van der Waals surface area contributed by atoms with Crippen LogP contribution in [0.25, 0.3) is 0 Å². The molecule has 0 aliphatic heterocycles. The first-order valence-corrected chi connectivity index (χ1v) is 7.14. The zero-order chi connectivity index (χ0) is 13.7. The second-order valence-electron chi connectivity index (χ2n) is 4.05. The Bertz CT molecular complexity index is 558. The number of hydrogen-bond donors (Lipinski definition) is 1. The normalized spacial score (nSPS) is 10.2. The molecular weight excluding hydrogens is 258 g/mol. The van der Waals surface area contributed by atoms with Crippen LogP contribution in [-0.2, 0) is 6.61 Å². The zero-order valence-electron chi connectivity index (χ0n) is 11.1. The minimum absolute atomic E-state index is 0.471. The number of nitrogens with two attached hydrogens (primary N) is 1. The van der Waals surface area contributed by atoms with Crippen molar-refractivity contribution in [3.63, 3.8) is 0 Å². The molecule has 0 aliphatic carbocycles. The first-order valence-electron chi connectivity index (χ1n) is 5.92. The molecule has 0 spiro atoms. The number of benzene rings is 2. The molecule has 0 fully saturated rings. The third kappa shape index (κ3) is 3.58. The molecule has 0 aromatic heterocycles. The van der Waals surface area contributed by atoms with Crippen molar-refractivity contribution in [2.75, 3.05) is 19.1 Å². The van der Waals surface area contributed by atoms with Gasteiger partial charge in [0.15, 0.2) is 0 Å². The van der Waals surface area contributed by atoms with Gasteiger partial charge in [0.2, 0.25) is 0 Å². The highest BCUT2D eigenvalue weighted by molar-refractivity contribution is 7.98. The van der Waals surface area contributed by atoms with Crippen molar-refractivity contribution >= 4 is 17.4 Å². The summed E-state index contributed by atoms with van der Waals surface area (Å²) in [6.07, 6.45) is 2.03. The summed E-state index contributed by atoms with van der Waals surface area (Å²) in [5.41, 5.74) is 7.49. The van der Waals surface area contributed by atoms with Crippen molar-refractivity contribution in [2.24, 2.45) is 0 Å². The molecule has 100 valence electrons. The highest BCUT2D eigenvalue weighted by Gasteiger charge is 2.04.